The number of hydrogen-bond donors (Lipinski definition) is 2. The second-order valence-electron chi connectivity index (χ2n) is 5.08. The topological polar surface area (TPSA) is 66.4 Å². The van der Waals surface area contributed by atoms with Gasteiger partial charge in [-0.15, -0.1) is 0 Å². The number of hydrogen-bond acceptors (Lipinski definition) is 2. The van der Waals surface area contributed by atoms with Gasteiger partial charge in [0.25, 0.3) is 0 Å². The predicted molar refractivity (Wildman–Crippen MR) is 70.3 cm³/mol. The standard InChI is InChI=1S/C14H12F7NO3/c15-12(16,13(17,18)14(19,20)21)9(7-11(24)25)22-10(23)6-8-4-2-1-3-5-8/h1-5,9H,6-7H2,(H,22,23)(H,24,25)/t9-/m0/s1. The highest BCUT2D eigenvalue weighted by atomic mass is 19.4. The number of carbonyl (C=O) groups is 2. The summed E-state index contributed by atoms with van der Waals surface area (Å²) in [6.07, 6.45) is -9.05. The number of benzene rings is 1. The summed E-state index contributed by atoms with van der Waals surface area (Å²) in [6, 6.07) is 4.03. The van der Waals surface area contributed by atoms with Crippen molar-refractivity contribution in [3.05, 3.63) is 35.9 Å². The maximum atomic E-state index is 13.7. The third-order valence-corrected chi connectivity index (χ3v) is 3.13. The molecule has 140 valence electrons. The maximum absolute atomic E-state index is 13.7. The Hall–Kier alpha value is -2.33. The summed E-state index contributed by atoms with van der Waals surface area (Å²) in [4.78, 5) is 22.2. The van der Waals surface area contributed by atoms with Gasteiger partial charge >= 0.3 is 24.0 Å². The molecule has 0 aliphatic rings. The average Bonchev–Trinajstić information content (AvgIpc) is 2.45. The quantitative estimate of drug-likeness (QED) is 0.720. The van der Waals surface area contributed by atoms with Crippen LogP contribution in [-0.2, 0) is 16.0 Å². The third kappa shape index (κ3) is 4.83. The zero-order chi connectivity index (χ0) is 19.5. The van der Waals surface area contributed by atoms with Crippen molar-refractivity contribution >= 4 is 11.9 Å². The normalized spacial score (nSPS) is 14.0. The van der Waals surface area contributed by atoms with E-state index in [0.717, 1.165) is 0 Å². The van der Waals surface area contributed by atoms with Crippen LogP contribution < -0.4 is 5.32 Å². The molecule has 0 aliphatic heterocycles. The number of carboxylic acids is 1. The summed E-state index contributed by atoms with van der Waals surface area (Å²) in [7, 11) is 0. The lowest BCUT2D eigenvalue weighted by Crippen LogP contribution is -2.62. The van der Waals surface area contributed by atoms with E-state index in [1.165, 1.54) is 29.6 Å². The van der Waals surface area contributed by atoms with Crippen molar-refractivity contribution < 1.29 is 45.4 Å². The van der Waals surface area contributed by atoms with Gasteiger partial charge in [0.1, 0.15) is 6.04 Å². The summed E-state index contributed by atoms with van der Waals surface area (Å²) >= 11 is 0. The van der Waals surface area contributed by atoms with E-state index < -0.39 is 48.8 Å². The first kappa shape index (κ1) is 20.7. The van der Waals surface area contributed by atoms with Crippen LogP contribution in [0.4, 0.5) is 30.7 Å². The van der Waals surface area contributed by atoms with Crippen LogP contribution in [0.15, 0.2) is 30.3 Å². The number of halogens is 7. The van der Waals surface area contributed by atoms with Gasteiger partial charge in [0.2, 0.25) is 5.91 Å². The summed E-state index contributed by atoms with van der Waals surface area (Å²) < 4.78 is 90.1. The molecule has 25 heavy (non-hydrogen) atoms. The first-order valence-electron chi connectivity index (χ1n) is 6.66. The molecular formula is C14H12F7NO3. The van der Waals surface area contributed by atoms with Crippen molar-refractivity contribution in [3.8, 4) is 0 Å². The van der Waals surface area contributed by atoms with Crippen molar-refractivity contribution in [2.45, 2.75) is 36.9 Å². The number of carboxylic acid groups (broad SMARTS) is 1. The largest absolute Gasteiger partial charge is 0.481 e. The lowest BCUT2D eigenvalue weighted by atomic mass is 9.99. The molecule has 0 heterocycles. The Labute approximate surface area is 136 Å². The van der Waals surface area contributed by atoms with Gasteiger partial charge in [0.05, 0.1) is 12.8 Å². The monoisotopic (exact) mass is 375 g/mol. The Kier molecular flexibility index (Phi) is 6.03. The molecule has 0 unspecified atom stereocenters. The maximum Gasteiger partial charge on any atom is 0.459 e. The Morgan fingerprint density at radius 2 is 1.52 bits per heavy atom. The highest BCUT2D eigenvalue weighted by molar-refractivity contribution is 5.80. The fourth-order valence-corrected chi connectivity index (χ4v) is 1.88. The fraction of sp³-hybridized carbons (Fsp3) is 0.429. The van der Waals surface area contributed by atoms with E-state index in [1.807, 2.05) is 0 Å². The number of alkyl halides is 7. The molecule has 1 rings (SSSR count). The molecule has 0 bridgehead atoms. The van der Waals surface area contributed by atoms with Gasteiger partial charge in [-0.05, 0) is 5.56 Å². The van der Waals surface area contributed by atoms with Crippen LogP contribution in [0.5, 0.6) is 0 Å². The number of nitrogens with one attached hydrogen (secondary N) is 1. The number of amides is 1. The Morgan fingerprint density at radius 3 is 1.96 bits per heavy atom. The number of carbonyl (C=O) groups excluding carboxylic acids is 1. The van der Waals surface area contributed by atoms with Crippen LogP contribution in [0.2, 0.25) is 0 Å². The van der Waals surface area contributed by atoms with Gasteiger partial charge in [-0.1, -0.05) is 30.3 Å². The van der Waals surface area contributed by atoms with Gasteiger partial charge in [0, 0.05) is 0 Å². The van der Waals surface area contributed by atoms with Gasteiger partial charge in [0.15, 0.2) is 0 Å². The molecule has 1 aromatic rings. The Bertz CT molecular complexity index is 617. The molecule has 0 saturated heterocycles. The molecule has 0 saturated carbocycles. The van der Waals surface area contributed by atoms with Crippen LogP contribution in [0.25, 0.3) is 0 Å². The van der Waals surface area contributed by atoms with E-state index in [1.54, 1.807) is 6.07 Å². The molecule has 11 heteroatoms. The summed E-state index contributed by atoms with van der Waals surface area (Å²) in [5.41, 5.74) is 0.264. The lowest BCUT2D eigenvalue weighted by Gasteiger charge is -2.33. The van der Waals surface area contributed by atoms with Crippen LogP contribution in [0.1, 0.15) is 12.0 Å². The SMILES string of the molecule is O=C(O)C[C@H](NC(=O)Cc1ccccc1)C(F)(F)C(F)(F)C(F)(F)F. The van der Waals surface area contributed by atoms with Gasteiger partial charge in [-0.2, -0.15) is 30.7 Å². The van der Waals surface area contributed by atoms with Crippen LogP contribution in [0.3, 0.4) is 0 Å². The van der Waals surface area contributed by atoms with Crippen molar-refractivity contribution in [2.24, 2.45) is 0 Å². The number of rotatable bonds is 7. The molecule has 0 aliphatic carbocycles. The molecule has 0 radical (unpaired) electrons. The number of aliphatic carboxylic acids is 1. The van der Waals surface area contributed by atoms with E-state index in [0.29, 0.717) is 0 Å². The van der Waals surface area contributed by atoms with Crippen molar-refractivity contribution in [1.29, 1.82) is 0 Å². The second-order valence-corrected chi connectivity index (χ2v) is 5.08. The van der Waals surface area contributed by atoms with Crippen molar-refractivity contribution in [3.63, 3.8) is 0 Å². The van der Waals surface area contributed by atoms with Crippen molar-refractivity contribution in [2.75, 3.05) is 0 Å². The highest BCUT2D eigenvalue weighted by Gasteiger charge is 2.75. The molecular weight excluding hydrogens is 363 g/mol. The first-order valence-corrected chi connectivity index (χ1v) is 6.66. The lowest BCUT2D eigenvalue weighted by molar-refractivity contribution is -0.359. The van der Waals surface area contributed by atoms with Crippen molar-refractivity contribution in [1.82, 2.24) is 5.32 Å². The van der Waals surface area contributed by atoms with Gasteiger partial charge < -0.3 is 10.4 Å². The molecule has 0 aromatic heterocycles. The predicted octanol–water partition coefficient (Wildman–Crippen LogP) is 3.02. The molecule has 2 N–H and O–H groups in total. The minimum Gasteiger partial charge on any atom is -0.481 e. The molecule has 1 atom stereocenters. The van der Waals surface area contributed by atoms with E-state index in [-0.39, 0.29) is 5.56 Å². The summed E-state index contributed by atoms with van der Waals surface area (Å²) in [6.45, 7) is 0. The van der Waals surface area contributed by atoms with E-state index in [2.05, 4.69) is 0 Å². The van der Waals surface area contributed by atoms with E-state index in [9.17, 15) is 40.3 Å². The minimum atomic E-state index is -6.63. The Balaban J connectivity index is 3.04. The van der Waals surface area contributed by atoms with Gasteiger partial charge in [-0.3, -0.25) is 9.59 Å². The summed E-state index contributed by atoms with van der Waals surface area (Å²) in [5, 5.41) is 9.77. The molecule has 1 aromatic carbocycles. The van der Waals surface area contributed by atoms with E-state index >= 15 is 0 Å². The molecule has 1 amide bonds. The zero-order valence-corrected chi connectivity index (χ0v) is 12.3. The van der Waals surface area contributed by atoms with Crippen LogP contribution in [0, 0.1) is 0 Å². The molecule has 0 spiro atoms. The van der Waals surface area contributed by atoms with Crippen LogP contribution >= 0.6 is 0 Å². The molecule has 0 fully saturated rings. The third-order valence-electron chi connectivity index (χ3n) is 3.13. The second kappa shape index (κ2) is 7.28. The molecule has 4 nitrogen and oxygen atoms in total. The highest BCUT2D eigenvalue weighted by Crippen LogP contribution is 2.48. The minimum absolute atomic E-state index is 0.264. The van der Waals surface area contributed by atoms with E-state index in [4.69, 9.17) is 5.11 Å². The first-order chi connectivity index (χ1) is 11.3. The smallest absolute Gasteiger partial charge is 0.459 e. The van der Waals surface area contributed by atoms with Crippen LogP contribution in [-0.4, -0.2) is 41.0 Å². The van der Waals surface area contributed by atoms with Gasteiger partial charge in [-0.25, -0.2) is 0 Å². The average molecular weight is 375 g/mol. The zero-order valence-electron chi connectivity index (χ0n) is 12.3. The summed E-state index contributed by atoms with van der Waals surface area (Å²) in [5.74, 6) is -15.8. The Morgan fingerprint density at radius 1 is 1.00 bits per heavy atom. The fourth-order valence-electron chi connectivity index (χ4n) is 1.88.